The van der Waals surface area contributed by atoms with Crippen LogP contribution in [0.15, 0.2) is 55.0 Å². The van der Waals surface area contributed by atoms with Gasteiger partial charge in [0.25, 0.3) is 0 Å². The molecule has 4 nitrogen and oxygen atoms in total. The predicted molar refractivity (Wildman–Crippen MR) is 95.8 cm³/mol. The van der Waals surface area contributed by atoms with E-state index in [0.29, 0.717) is 0 Å². The van der Waals surface area contributed by atoms with E-state index < -0.39 is 0 Å². The highest BCUT2D eigenvalue weighted by molar-refractivity contribution is 5.80. The fourth-order valence-electron chi connectivity index (χ4n) is 3.48. The first kappa shape index (κ1) is 15.4. The molecule has 3 heterocycles. The number of aromatic nitrogens is 2. The van der Waals surface area contributed by atoms with Gasteiger partial charge in [-0.25, -0.2) is 0 Å². The van der Waals surface area contributed by atoms with E-state index in [4.69, 9.17) is 4.74 Å². The van der Waals surface area contributed by atoms with Gasteiger partial charge in [0.1, 0.15) is 0 Å². The van der Waals surface area contributed by atoms with Gasteiger partial charge in [0, 0.05) is 55.8 Å². The molecule has 0 bridgehead atoms. The third-order valence-electron chi connectivity index (χ3n) is 4.79. The molecular weight excluding hydrogens is 298 g/mol. The quantitative estimate of drug-likeness (QED) is 0.735. The van der Waals surface area contributed by atoms with Crippen molar-refractivity contribution in [3.63, 3.8) is 0 Å². The standard InChI is InChI=1S/C20H23N3O/c1-2-23-9-7-17-6-5-16(12-19(17)23)14-22-10-11-24-20(15-22)18-4-3-8-21-13-18/h3-9,12-13,20H,2,10-11,14-15H2,1H3/t20-/m0/s1. The number of ether oxygens (including phenoxy) is 1. The first-order chi connectivity index (χ1) is 11.8. The molecule has 1 aliphatic heterocycles. The average Bonchev–Trinajstić information content (AvgIpc) is 3.05. The van der Waals surface area contributed by atoms with Gasteiger partial charge in [0.15, 0.2) is 0 Å². The summed E-state index contributed by atoms with van der Waals surface area (Å²) in [5.41, 5.74) is 3.85. The van der Waals surface area contributed by atoms with E-state index in [0.717, 1.165) is 38.3 Å². The summed E-state index contributed by atoms with van der Waals surface area (Å²) in [6, 6.07) is 13.1. The Morgan fingerprint density at radius 2 is 2.21 bits per heavy atom. The molecule has 0 amide bonds. The molecule has 24 heavy (non-hydrogen) atoms. The van der Waals surface area contributed by atoms with E-state index in [-0.39, 0.29) is 6.10 Å². The summed E-state index contributed by atoms with van der Waals surface area (Å²) in [6.45, 7) is 6.82. The van der Waals surface area contributed by atoms with E-state index in [2.05, 4.69) is 57.9 Å². The summed E-state index contributed by atoms with van der Waals surface area (Å²) in [6.07, 6.45) is 6.01. The van der Waals surface area contributed by atoms with Crippen LogP contribution in [-0.2, 0) is 17.8 Å². The van der Waals surface area contributed by atoms with Crippen molar-refractivity contribution in [2.24, 2.45) is 0 Å². The summed E-state index contributed by atoms with van der Waals surface area (Å²) >= 11 is 0. The lowest BCUT2D eigenvalue weighted by atomic mass is 10.1. The highest BCUT2D eigenvalue weighted by Gasteiger charge is 2.22. The lowest BCUT2D eigenvalue weighted by Gasteiger charge is -2.33. The van der Waals surface area contributed by atoms with Crippen molar-refractivity contribution >= 4 is 10.9 Å². The molecule has 1 fully saturated rings. The number of morpholine rings is 1. The molecule has 0 N–H and O–H groups in total. The molecule has 1 aromatic carbocycles. The zero-order valence-electron chi connectivity index (χ0n) is 14.1. The summed E-state index contributed by atoms with van der Waals surface area (Å²) in [5, 5.41) is 1.32. The number of pyridine rings is 1. The Kier molecular flexibility index (Phi) is 4.32. The van der Waals surface area contributed by atoms with Crippen LogP contribution < -0.4 is 0 Å². The van der Waals surface area contributed by atoms with Gasteiger partial charge in [-0.1, -0.05) is 18.2 Å². The second-order valence-electron chi connectivity index (χ2n) is 6.38. The van der Waals surface area contributed by atoms with Crippen LogP contribution in [0.3, 0.4) is 0 Å². The van der Waals surface area contributed by atoms with Crippen LogP contribution in [0.5, 0.6) is 0 Å². The van der Waals surface area contributed by atoms with E-state index in [1.165, 1.54) is 16.5 Å². The fourth-order valence-corrected chi connectivity index (χ4v) is 3.48. The Balaban J connectivity index is 1.50. The minimum Gasteiger partial charge on any atom is -0.371 e. The molecule has 0 spiro atoms. The number of hydrogen-bond donors (Lipinski definition) is 0. The highest BCUT2D eigenvalue weighted by atomic mass is 16.5. The van der Waals surface area contributed by atoms with Gasteiger partial charge in [-0.2, -0.15) is 0 Å². The van der Waals surface area contributed by atoms with E-state index in [1.54, 1.807) is 0 Å². The van der Waals surface area contributed by atoms with Crippen LogP contribution in [0.4, 0.5) is 0 Å². The highest BCUT2D eigenvalue weighted by Crippen LogP contribution is 2.24. The van der Waals surface area contributed by atoms with Crippen molar-refractivity contribution in [2.45, 2.75) is 26.1 Å². The van der Waals surface area contributed by atoms with Crippen molar-refractivity contribution in [2.75, 3.05) is 19.7 Å². The Morgan fingerprint density at radius 1 is 1.25 bits per heavy atom. The monoisotopic (exact) mass is 321 g/mol. The molecule has 4 rings (SSSR count). The minimum atomic E-state index is 0.121. The van der Waals surface area contributed by atoms with Crippen molar-refractivity contribution in [3.05, 3.63) is 66.1 Å². The number of fused-ring (bicyclic) bond motifs is 1. The molecule has 1 saturated heterocycles. The molecule has 0 unspecified atom stereocenters. The van der Waals surface area contributed by atoms with Crippen molar-refractivity contribution in [1.82, 2.24) is 14.5 Å². The van der Waals surface area contributed by atoms with Gasteiger partial charge < -0.3 is 9.30 Å². The number of nitrogens with zero attached hydrogens (tertiary/aromatic N) is 3. The Morgan fingerprint density at radius 3 is 3.04 bits per heavy atom. The molecule has 0 radical (unpaired) electrons. The van der Waals surface area contributed by atoms with Gasteiger partial charge in [0.05, 0.1) is 12.7 Å². The summed E-state index contributed by atoms with van der Waals surface area (Å²) < 4.78 is 8.24. The minimum absolute atomic E-state index is 0.121. The SMILES string of the molecule is CCn1ccc2ccc(CN3CCO[C@H](c4cccnc4)C3)cc21. The maximum Gasteiger partial charge on any atom is 0.0967 e. The van der Waals surface area contributed by atoms with Gasteiger partial charge >= 0.3 is 0 Å². The topological polar surface area (TPSA) is 30.3 Å². The van der Waals surface area contributed by atoms with Crippen molar-refractivity contribution in [3.8, 4) is 0 Å². The Hall–Kier alpha value is -2.17. The van der Waals surface area contributed by atoms with Gasteiger partial charge in [-0.3, -0.25) is 9.88 Å². The molecule has 0 saturated carbocycles. The van der Waals surface area contributed by atoms with Crippen LogP contribution >= 0.6 is 0 Å². The zero-order valence-corrected chi connectivity index (χ0v) is 14.1. The van der Waals surface area contributed by atoms with Gasteiger partial charge in [-0.15, -0.1) is 0 Å². The third kappa shape index (κ3) is 3.07. The number of hydrogen-bond acceptors (Lipinski definition) is 3. The van der Waals surface area contributed by atoms with Crippen LogP contribution in [0.1, 0.15) is 24.2 Å². The summed E-state index contributed by atoms with van der Waals surface area (Å²) in [5.74, 6) is 0. The molecular formula is C20H23N3O. The first-order valence-electron chi connectivity index (χ1n) is 8.65. The van der Waals surface area contributed by atoms with Gasteiger partial charge in [-0.05, 0) is 36.1 Å². The maximum atomic E-state index is 5.94. The summed E-state index contributed by atoms with van der Waals surface area (Å²) in [7, 11) is 0. The first-order valence-corrected chi connectivity index (χ1v) is 8.65. The lowest BCUT2D eigenvalue weighted by Crippen LogP contribution is -2.37. The number of aryl methyl sites for hydroxylation is 1. The normalized spacial score (nSPS) is 19.0. The number of benzene rings is 1. The Labute approximate surface area is 142 Å². The van der Waals surface area contributed by atoms with E-state index >= 15 is 0 Å². The third-order valence-corrected chi connectivity index (χ3v) is 4.79. The Bertz CT molecular complexity index is 812. The largest absolute Gasteiger partial charge is 0.371 e. The molecule has 124 valence electrons. The van der Waals surface area contributed by atoms with Crippen molar-refractivity contribution < 1.29 is 4.74 Å². The molecule has 1 atom stereocenters. The maximum absolute atomic E-state index is 5.94. The van der Waals surface area contributed by atoms with E-state index in [1.807, 2.05) is 18.5 Å². The fraction of sp³-hybridized carbons (Fsp3) is 0.350. The van der Waals surface area contributed by atoms with E-state index in [9.17, 15) is 0 Å². The van der Waals surface area contributed by atoms with Crippen LogP contribution in [-0.4, -0.2) is 34.1 Å². The zero-order chi connectivity index (χ0) is 16.4. The predicted octanol–water partition coefficient (Wildman–Crippen LogP) is 3.63. The van der Waals surface area contributed by atoms with Crippen LogP contribution in [0.2, 0.25) is 0 Å². The second kappa shape index (κ2) is 6.75. The smallest absolute Gasteiger partial charge is 0.0967 e. The number of rotatable bonds is 4. The second-order valence-corrected chi connectivity index (χ2v) is 6.38. The molecule has 4 heteroatoms. The summed E-state index contributed by atoms with van der Waals surface area (Å²) in [4.78, 5) is 6.69. The molecule has 2 aromatic heterocycles. The molecule has 1 aliphatic rings. The van der Waals surface area contributed by atoms with Gasteiger partial charge in [0.2, 0.25) is 0 Å². The average molecular weight is 321 g/mol. The molecule has 0 aliphatic carbocycles. The van der Waals surface area contributed by atoms with Crippen molar-refractivity contribution in [1.29, 1.82) is 0 Å². The van der Waals surface area contributed by atoms with Crippen LogP contribution in [0, 0.1) is 0 Å². The lowest BCUT2D eigenvalue weighted by molar-refractivity contribution is -0.0330. The molecule has 3 aromatic rings. The van der Waals surface area contributed by atoms with Crippen LogP contribution in [0.25, 0.3) is 10.9 Å².